The van der Waals surface area contributed by atoms with Gasteiger partial charge in [-0.3, -0.25) is 4.79 Å². The van der Waals surface area contributed by atoms with Crippen molar-refractivity contribution in [1.29, 1.82) is 0 Å². The molecule has 3 rings (SSSR count). The van der Waals surface area contributed by atoms with Gasteiger partial charge in [-0.2, -0.15) is 5.10 Å². The van der Waals surface area contributed by atoms with Crippen LogP contribution in [0.5, 0.6) is 11.5 Å². The molecule has 0 aliphatic carbocycles. The van der Waals surface area contributed by atoms with Gasteiger partial charge in [-0.05, 0) is 48.9 Å². The zero-order valence-corrected chi connectivity index (χ0v) is 17.5. The highest BCUT2D eigenvalue weighted by molar-refractivity contribution is 9.10. The van der Waals surface area contributed by atoms with E-state index in [1.54, 1.807) is 18.3 Å². The first-order chi connectivity index (χ1) is 13.5. The second-order valence-corrected chi connectivity index (χ2v) is 7.32. The Hall–Kier alpha value is -2.86. The number of nitrogens with zero attached hydrogens (tertiary/aromatic N) is 1. The van der Waals surface area contributed by atoms with Crippen LogP contribution in [-0.4, -0.2) is 25.3 Å². The van der Waals surface area contributed by atoms with E-state index < -0.39 is 0 Å². The first-order valence-electron chi connectivity index (χ1n) is 8.85. The highest BCUT2D eigenvalue weighted by Crippen LogP contribution is 2.27. The quantitative estimate of drug-likeness (QED) is 0.425. The van der Waals surface area contributed by atoms with E-state index in [1.807, 2.05) is 56.3 Å². The van der Waals surface area contributed by atoms with Gasteiger partial charge in [0.15, 0.2) is 0 Å². The first-order valence-corrected chi connectivity index (χ1v) is 9.64. The van der Waals surface area contributed by atoms with Gasteiger partial charge in [0, 0.05) is 10.0 Å². The highest BCUT2D eigenvalue weighted by Gasteiger charge is 2.13. The van der Waals surface area contributed by atoms with Crippen molar-refractivity contribution in [2.45, 2.75) is 20.0 Å². The zero-order chi connectivity index (χ0) is 20.1. The summed E-state index contributed by atoms with van der Waals surface area (Å²) in [7, 11) is 1.52. The molecule has 1 amide bonds. The van der Waals surface area contributed by atoms with Gasteiger partial charge in [-0.1, -0.05) is 46.3 Å². The van der Waals surface area contributed by atoms with E-state index in [1.165, 1.54) is 7.11 Å². The number of carbonyl (C=O) groups excluding carboxylic acids is 1. The molecule has 0 radical (unpaired) electrons. The number of hydrogen-bond donors (Lipinski definition) is 1. The summed E-state index contributed by atoms with van der Waals surface area (Å²) < 4.78 is 12.0. The van der Waals surface area contributed by atoms with Gasteiger partial charge < -0.3 is 9.47 Å². The standard InChI is InChI=1S/C22H21BrN2O3/c1-14(2)28-21-10-8-15-6-4-5-7-17(15)19(21)13-24-25-22(26)18-12-16(23)9-11-20(18)27-3/h4-14H,1-3H3,(H,25,26)/b24-13-. The molecule has 3 aromatic carbocycles. The van der Waals surface area contributed by atoms with E-state index in [2.05, 4.69) is 26.5 Å². The number of carbonyl (C=O) groups is 1. The molecule has 144 valence electrons. The van der Waals surface area contributed by atoms with E-state index in [0.29, 0.717) is 17.1 Å². The lowest BCUT2D eigenvalue weighted by atomic mass is 10.0. The lowest BCUT2D eigenvalue weighted by Gasteiger charge is -2.14. The fraction of sp³-hybridized carbons (Fsp3) is 0.182. The molecule has 0 saturated carbocycles. The summed E-state index contributed by atoms with van der Waals surface area (Å²) in [4.78, 5) is 12.5. The van der Waals surface area contributed by atoms with Gasteiger partial charge in [0.05, 0.1) is 25.0 Å². The molecule has 0 aliphatic rings. The average molecular weight is 441 g/mol. The molecule has 0 spiro atoms. The number of hydrazone groups is 1. The van der Waals surface area contributed by atoms with Gasteiger partial charge >= 0.3 is 0 Å². The summed E-state index contributed by atoms with van der Waals surface area (Å²) in [6.45, 7) is 3.94. The van der Waals surface area contributed by atoms with Crippen LogP contribution in [0.4, 0.5) is 0 Å². The molecular weight excluding hydrogens is 420 g/mol. The summed E-state index contributed by atoms with van der Waals surface area (Å²) in [6.07, 6.45) is 1.64. The highest BCUT2D eigenvalue weighted by atomic mass is 79.9. The van der Waals surface area contributed by atoms with Crippen LogP contribution in [0.15, 0.2) is 64.2 Å². The monoisotopic (exact) mass is 440 g/mol. The molecule has 5 nitrogen and oxygen atoms in total. The summed E-state index contributed by atoms with van der Waals surface area (Å²) in [5.74, 6) is 0.831. The van der Waals surface area contributed by atoms with Crippen LogP contribution in [0.1, 0.15) is 29.8 Å². The second-order valence-electron chi connectivity index (χ2n) is 6.41. The number of benzene rings is 3. The van der Waals surface area contributed by atoms with Crippen LogP contribution in [0.3, 0.4) is 0 Å². The van der Waals surface area contributed by atoms with Gasteiger partial charge in [0.1, 0.15) is 11.5 Å². The number of fused-ring (bicyclic) bond motifs is 1. The van der Waals surface area contributed by atoms with Crippen molar-refractivity contribution in [1.82, 2.24) is 5.43 Å². The Balaban J connectivity index is 1.91. The number of halogens is 1. The lowest BCUT2D eigenvalue weighted by Crippen LogP contribution is -2.18. The molecular formula is C22H21BrN2O3. The molecule has 0 saturated heterocycles. The lowest BCUT2D eigenvalue weighted by molar-refractivity contribution is 0.0952. The Morgan fingerprint density at radius 1 is 1.11 bits per heavy atom. The Bertz CT molecular complexity index is 1030. The van der Waals surface area contributed by atoms with E-state index in [0.717, 1.165) is 20.8 Å². The maximum atomic E-state index is 12.5. The SMILES string of the molecule is COc1ccc(Br)cc1C(=O)N/N=C\c1c(OC(C)C)ccc2ccccc12. The zero-order valence-electron chi connectivity index (χ0n) is 15.9. The van der Waals surface area contributed by atoms with Crippen LogP contribution >= 0.6 is 15.9 Å². The second kappa shape index (κ2) is 8.89. The summed E-state index contributed by atoms with van der Waals surface area (Å²) in [5, 5.41) is 6.23. The molecule has 0 atom stereocenters. The maximum absolute atomic E-state index is 12.5. The number of amides is 1. The van der Waals surface area contributed by atoms with Crippen LogP contribution in [0.25, 0.3) is 10.8 Å². The molecule has 28 heavy (non-hydrogen) atoms. The Morgan fingerprint density at radius 3 is 2.61 bits per heavy atom. The maximum Gasteiger partial charge on any atom is 0.275 e. The van der Waals surface area contributed by atoms with Gasteiger partial charge in [-0.25, -0.2) is 5.43 Å². The fourth-order valence-corrected chi connectivity index (χ4v) is 3.20. The van der Waals surface area contributed by atoms with Crippen molar-refractivity contribution in [3.8, 4) is 11.5 Å². The van der Waals surface area contributed by atoms with Crippen LogP contribution < -0.4 is 14.9 Å². The summed E-state index contributed by atoms with van der Waals surface area (Å²) in [6, 6.07) is 17.1. The Morgan fingerprint density at radius 2 is 1.86 bits per heavy atom. The van der Waals surface area contributed by atoms with Crippen molar-refractivity contribution < 1.29 is 14.3 Å². The normalized spacial score (nSPS) is 11.2. The van der Waals surface area contributed by atoms with Crippen LogP contribution in [0.2, 0.25) is 0 Å². The Kier molecular flexibility index (Phi) is 6.31. The number of ether oxygens (including phenoxy) is 2. The fourth-order valence-electron chi connectivity index (χ4n) is 2.84. The number of hydrogen-bond acceptors (Lipinski definition) is 4. The average Bonchev–Trinajstić information content (AvgIpc) is 2.68. The van der Waals surface area contributed by atoms with E-state index in [-0.39, 0.29) is 12.0 Å². The van der Waals surface area contributed by atoms with Crippen molar-refractivity contribution in [2.24, 2.45) is 5.10 Å². The molecule has 1 N–H and O–H groups in total. The number of nitrogens with one attached hydrogen (secondary N) is 1. The minimum Gasteiger partial charge on any atom is -0.496 e. The van der Waals surface area contributed by atoms with Gasteiger partial charge in [0.2, 0.25) is 0 Å². The molecule has 6 heteroatoms. The predicted molar refractivity (Wildman–Crippen MR) is 115 cm³/mol. The van der Waals surface area contributed by atoms with Crippen molar-refractivity contribution in [2.75, 3.05) is 7.11 Å². The minimum absolute atomic E-state index is 0.0221. The molecule has 0 aliphatic heterocycles. The summed E-state index contributed by atoms with van der Waals surface area (Å²) in [5.41, 5.74) is 3.78. The topological polar surface area (TPSA) is 59.9 Å². The smallest absolute Gasteiger partial charge is 0.275 e. The molecule has 0 unspecified atom stereocenters. The summed E-state index contributed by atoms with van der Waals surface area (Å²) >= 11 is 3.37. The Labute approximate surface area is 172 Å². The molecule has 3 aromatic rings. The van der Waals surface area contributed by atoms with Crippen molar-refractivity contribution in [3.05, 3.63) is 70.2 Å². The van der Waals surface area contributed by atoms with E-state index >= 15 is 0 Å². The van der Waals surface area contributed by atoms with Crippen molar-refractivity contribution in [3.63, 3.8) is 0 Å². The molecule has 0 heterocycles. The van der Waals surface area contributed by atoms with Gasteiger partial charge in [-0.15, -0.1) is 0 Å². The first kappa shape index (κ1) is 19.9. The minimum atomic E-state index is -0.360. The third-order valence-corrected chi connectivity index (χ3v) is 4.55. The van der Waals surface area contributed by atoms with Crippen molar-refractivity contribution >= 4 is 38.8 Å². The number of rotatable bonds is 6. The van der Waals surface area contributed by atoms with Gasteiger partial charge in [0.25, 0.3) is 5.91 Å². The van der Waals surface area contributed by atoms with E-state index in [9.17, 15) is 4.79 Å². The number of methoxy groups -OCH3 is 1. The third kappa shape index (κ3) is 4.51. The third-order valence-electron chi connectivity index (χ3n) is 4.06. The molecule has 0 fully saturated rings. The van der Waals surface area contributed by atoms with Crippen LogP contribution in [-0.2, 0) is 0 Å². The largest absolute Gasteiger partial charge is 0.496 e. The van der Waals surface area contributed by atoms with E-state index in [4.69, 9.17) is 9.47 Å². The molecule has 0 bridgehead atoms. The predicted octanol–water partition coefficient (Wildman–Crippen LogP) is 5.16. The molecule has 0 aromatic heterocycles. The van der Waals surface area contributed by atoms with Crippen LogP contribution in [0, 0.1) is 0 Å².